The molecule has 0 atom stereocenters. The van der Waals surface area contributed by atoms with E-state index in [0.717, 1.165) is 11.1 Å². The Balaban J connectivity index is 1.54. The van der Waals surface area contributed by atoms with Gasteiger partial charge in [-0.15, -0.1) is 0 Å². The number of carbonyl (C=O) groups is 2. The summed E-state index contributed by atoms with van der Waals surface area (Å²) in [6.45, 7) is 2.39. The molecule has 1 aliphatic heterocycles. The zero-order valence-corrected chi connectivity index (χ0v) is 17.0. The zero-order valence-electron chi connectivity index (χ0n) is 15.3. The molecule has 1 aliphatic rings. The highest BCUT2D eigenvalue weighted by atomic mass is 32.2. The van der Waals surface area contributed by atoms with Gasteiger partial charge < -0.3 is 10.4 Å². The zero-order chi connectivity index (χ0) is 20.1. The Morgan fingerprint density at radius 2 is 1.93 bits per heavy atom. The maximum Gasteiger partial charge on any atom is 0.266 e. The Morgan fingerprint density at radius 1 is 1.21 bits per heavy atom. The van der Waals surface area contributed by atoms with Gasteiger partial charge in [0.15, 0.2) is 0 Å². The van der Waals surface area contributed by atoms with Gasteiger partial charge in [-0.05, 0) is 37.1 Å². The summed E-state index contributed by atoms with van der Waals surface area (Å²) >= 11 is 6.61. The van der Waals surface area contributed by atoms with Crippen LogP contribution in [0.25, 0.3) is 6.08 Å². The summed E-state index contributed by atoms with van der Waals surface area (Å²) in [5.74, 6) is -0.326. The molecule has 5 nitrogen and oxygen atoms in total. The van der Waals surface area contributed by atoms with E-state index in [9.17, 15) is 14.7 Å². The number of rotatable bonds is 6. The molecule has 2 aromatic rings. The van der Waals surface area contributed by atoms with E-state index in [1.54, 1.807) is 18.2 Å². The number of benzene rings is 2. The van der Waals surface area contributed by atoms with Crippen LogP contribution in [0, 0.1) is 6.92 Å². The Kier molecular flexibility index (Phi) is 6.49. The molecule has 0 spiro atoms. The molecule has 144 valence electrons. The number of hydrogen-bond donors (Lipinski definition) is 2. The predicted octanol–water partition coefficient (Wildman–Crippen LogP) is 4.32. The quantitative estimate of drug-likeness (QED) is 0.420. The van der Waals surface area contributed by atoms with Gasteiger partial charge in [-0.25, -0.2) is 0 Å². The number of thiocarbonyl (C=S) groups is 1. The second-order valence-corrected chi connectivity index (χ2v) is 8.09. The molecule has 2 aromatic carbocycles. The maximum atomic E-state index is 12.6. The number of phenolic OH excluding ortho intramolecular Hbond substituents is 1. The fourth-order valence-electron chi connectivity index (χ4n) is 2.70. The Bertz CT molecular complexity index is 939. The van der Waals surface area contributed by atoms with E-state index < -0.39 is 0 Å². The first-order valence-corrected chi connectivity index (χ1v) is 10.1. The average molecular weight is 413 g/mol. The van der Waals surface area contributed by atoms with E-state index >= 15 is 0 Å². The number of nitrogens with zero attached hydrogens (tertiary/aromatic N) is 1. The third-order valence-electron chi connectivity index (χ3n) is 4.21. The minimum Gasteiger partial charge on any atom is -0.506 e. The first kappa shape index (κ1) is 20.1. The number of para-hydroxylation sites is 2. The van der Waals surface area contributed by atoms with Crippen LogP contribution in [-0.4, -0.2) is 32.7 Å². The van der Waals surface area contributed by atoms with Gasteiger partial charge in [-0.2, -0.15) is 0 Å². The molecule has 1 saturated heterocycles. The third-order valence-corrected chi connectivity index (χ3v) is 5.59. The van der Waals surface area contributed by atoms with Crippen LogP contribution < -0.4 is 5.32 Å². The minimum atomic E-state index is -0.220. The van der Waals surface area contributed by atoms with Crippen LogP contribution in [0.5, 0.6) is 5.75 Å². The Hall–Kier alpha value is -2.64. The molecule has 2 amide bonds. The van der Waals surface area contributed by atoms with E-state index in [-0.39, 0.29) is 24.0 Å². The number of thioether (sulfide) groups is 1. The van der Waals surface area contributed by atoms with Crippen molar-refractivity contribution < 1.29 is 14.7 Å². The smallest absolute Gasteiger partial charge is 0.266 e. The molecule has 28 heavy (non-hydrogen) atoms. The molecule has 1 fully saturated rings. The van der Waals surface area contributed by atoms with Crippen LogP contribution in [0.4, 0.5) is 5.69 Å². The fourth-order valence-corrected chi connectivity index (χ4v) is 4.01. The van der Waals surface area contributed by atoms with Crippen LogP contribution in [0.1, 0.15) is 24.0 Å². The second-order valence-electron chi connectivity index (χ2n) is 6.41. The predicted molar refractivity (Wildman–Crippen MR) is 117 cm³/mol. The topological polar surface area (TPSA) is 69.6 Å². The number of aryl methyl sites for hydroxylation is 1. The lowest BCUT2D eigenvalue weighted by Crippen LogP contribution is -2.29. The van der Waals surface area contributed by atoms with Gasteiger partial charge in [0, 0.05) is 13.0 Å². The molecule has 0 aliphatic carbocycles. The second kappa shape index (κ2) is 9.03. The highest BCUT2D eigenvalue weighted by molar-refractivity contribution is 8.26. The molecule has 0 saturated carbocycles. The third kappa shape index (κ3) is 4.99. The molecule has 2 N–H and O–H groups in total. The minimum absolute atomic E-state index is 0.0223. The number of phenols is 1. The van der Waals surface area contributed by atoms with Crippen molar-refractivity contribution in [3.63, 3.8) is 0 Å². The number of nitrogens with one attached hydrogen (secondary N) is 1. The van der Waals surface area contributed by atoms with Crippen molar-refractivity contribution in [2.24, 2.45) is 0 Å². The molecule has 1 heterocycles. The molecular formula is C21H20N2O3S2. The van der Waals surface area contributed by atoms with Crippen molar-refractivity contribution >= 4 is 51.9 Å². The monoisotopic (exact) mass is 412 g/mol. The first-order chi connectivity index (χ1) is 13.4. The van der Waals surface area contributed by atoms with Crippen molar-refractivity contribution in [3.05, 3.63) is 64.6 Å². The lowest BCUT2D eigenvalue weighted by Gasteiger charge is -2.14. The van der Waals surface area contributed by atoms with E-state index in [4.69, 9.17) is 12.2 Å². The van der Waals surface area contributed by atoms with Crippen molar-refractivity contribution in [3.8, 4) is 5.75 Å². The van der Waals surface area contributed by atoms with Gasteiger partial charge in [-0.3, -0.25) is 14.5 Å². The molecular weight excluding hydrogens is 392 g/mol. The Labute approximate surface area is 173 Å². The number of amides is 2. The number of hydrogen-bond acceptors (Lipinski definition) is 5. The van der Waals surface area contributed by atoms with Crippen molar-refractivity contribution in [2.75, 3.05) is 11.9 Å². The molecule has 0 unspecified atom stereocenters. The molecule has 3 rings (SSSR count). The van der Waals surface area contributed by atoms with Gasteiger partial charge in [0.2, 0.25) is 5.91 Å². The van der Waals surface area contributed by atoms with Crippen LogP contribution in [0.3, 0.4) is 0 Å². The maximum absolute atomic E-state index is 12.6. The molecule has 0 radical (unpaired) electrons. The van der Waals surface area contributed by atoms with Crippen LogP contribution in [0.2, 0.25) is 0 Å². The van der Waals surface area contributed by atoms with Crippen molar-refractivity contribution in [2.45, 2.75) is 19.8 Å². The van der Waals surface area contributed by atoms with Gasteiger partial charge in [0.1, 0.15) is 10.1 Å². The summed E-state index contributed by atoms with van der Waals surface area (Å²) in [7, 11) is 0. The van der Waals surface area contributed by atoms with E-state index in [1.165, 1.54) is 22.7 Å². The normalized spacial score (nSPS) is 15.3. The summed E-state index contributed by atoms with van der Waals surface area (Å²) < 4.78 is 0.504. The molecule has 0 bridgehead atoms. The first-order valence-electron chi connectivity index (χ1n) is 8.84. The number of anilines is 1. The van der Waals surface area contributed by atoms with Crippen LogP contribution in [-0.2, 0) is 9.59 Å². The van der Waals surface area contributed by atoms with E-state index in [2.05, 4.69) is 5.32 Å². The van der Waals surface area contributed by atoms with E-state index in [0.29, 0.717) is 27.9 Å². The van der Waals surface area contributed by atoms with E-state index in [1.807, 2.05) is 37.3 Å². The van der Waals surface area contributed by atoms with Gasteiger partial charge >= 0.3 is 0 Å². The van der Waals surface area contributed by atoms with Crippen molar-refractivity contribution in [1.29, 1.82) is 0 Å². The van der Waals surface area contributed by atoms with Crippen LogP contribution in [0.15, 0.2) is 53.4 Å². The van der Waals surface area contributed by atoms with Gasteiger partial charge in [-0.1, -0.05) is 65.9 Å². The summed E-state index contributed by atoms with van der Waals surface area (Å²) in [5.41, 5.74) is 2.49. The average Bonchev–Trinajstić information content (AvgIpc) is 2.93. The largest absolute Gasteiger partial charge is 0.506 e. The summed E-state index contributed by atoms with van der Waals surface area (Å²) in [6, 6.07) is 14.5. The Morgan fingerprint density at radius 3 is 2.64 bits per heavy atom. The molecule has 0 aromatic heterocycles. The number of carbonyl (C=O) groups excluding carboxylic acids is 2. The summed E-state index contributed by atoms with van der Waals surface area (Å²) in [6.07, 6.45) is 2.54. The van der Waals surface area contributed by atoms with Crippen molar-refractivity contribution in [1.82, 2.24) is 4.90 Å². The summed E-state index contributed by atoms with van der Waals surface area (Å²) in [4.78, 5) is 26.8. The standard InChI is InChI=1S/C21H20N2O3S2/c1-14-8-10-15(11-9-14)13-18-20(26)23(21(27)28-18)12-4-7-19(25)22-16-5-2-3-6-17(16)24/h2-3,5-6,8-11,13,24H,4,7,12H2,1H3,(H,22,25)/b18-13+. The van der Waals surface area contributed by atoms with Gasteiger partial charge in [0.25, 0.3) is 5.91 Å². The summed E-state index contributed by atoms with van der Waals surface area (Å²) in [5, 5.41) is 12.4. The number of aromatic hydroxyl groups is 1. The fraction of sp³-hybridized carbons (Fsp3) is 0.190. The van der Waals surface area contributed by atoms with Crippen LogP contribution >= 0.6 is 24.0 Å². The highest BCUT2D eigenvalue weighted by Gasteiger charge is 2.31. The highest BCUT2D eigenvalue weighted by Crippen LogP contribution is 2.32. The van der Waals surface area contributed by atoms with Gasteiger partial charge in [0.05, 0.1) is 10.6 Å². The lowest BCUT2D eigenvalue weighted by molar-refractivity contribution is -0.122. The lowest BCUT2D eigenvalue weighted by atomic mass is 10.1. The SMILES string of the molecule is Cc1ccc(/C=C2/SC(=S)N(CCCC(=O)Nc3ccccc3O)C2=O)cc1. The molecule has 7 heteroatoms.